The van der Waals surface area contributed by atoms with Crippen molar-refractivity contribution in [1.29, 1.82) is 0 Å². The molecule has 1 fully saturated rings. The number of unbranched alkanes of at least 4 members (excludes halogenated alkanes) is 1. The predicted octanol–water partition coefficient (Wildman–Crippen LogP) is 6.82. The second-order valence-corrected chi connectivity index (χ2v) is 9.99. The fourth-order valence-corrected chi connectivity index (χ4v) is 4.76. The quantitative estimate of drug-likeness (QED) is 0.257. The number of fused-ring (bicyclic) bond motifs is 1. The average molecular weight is 503 g/mol. The summed E-state index contributed by atoms with van der Waals surface area (Å²) in [6, 6.07) is 19.3. The number of thioether (sulfide) groups is 1. The number of carbonyl (C=O) groups is 3. The molecule has 1 N–H and O–H groups in total. The molecule has 1 heterocycles. The number of ether oxygens (including phenoxy) is 1. The van der Waals surface area contributed by atoms with Crippen LogP contribution >= 0.6 is 11.8 Å². The van der Waals surface area contributed by atoms with E-state index in [9.17, 15) is 14.4 Å². The Hall–Kier alpha value is -3.58. The van der Waals surface area contributed by atoms with E-state index in [1.54, 1.807) is 6.08 Å². The molecular formula is C29H30N2O4S. The van der Waals surface area contributed by atoms with E-state index < -0.39 is 17.1 Å². The molecular weight excluding hydrogens is 472 g/mol. The first kappa shape index (κ1) is 25.5. The zero-order valence-corrected chi connectivity index (χ0v) is 21.6. The molecule has 1 aliphatic heterocycles. The lowest BCUT2D eigenvalue weighted by molar-refractivity contribution is -0.127. The summed E-state index contributed by atoms with van der Waals surface area (Å²) in [7, 11) is 0. The second kappa shape index (κ2) is 11.4. The van der Waals surface area contributed by atoms with Gasteiger partial charge in [-0.2, -0.15) is 0 Å². The maximum absolute atomic E-state index is 13.1. The maximum atomic E-state index is 13.1. The highest BCUT2D eigenvalue weighted by molar-refractivity contribution is 8.18. The molecule has 6 nitrogen and oxygen atoms in total. The third-order valence-electron chi connectivity index (χ3n) is 6.00. The van der Waals surface area contributed by atoms with E-state index in [0.717, 1.165) is 51.4 Å². The van der Waals surface area contributed by atoms with E-state index in [1.807, 2.05) is 60.7 Å². The van der Waals surface area contributed by atoms with Crippen LogP contribution in [-0.2, 0) is 9.59 Å². The van der Waals surface area contributed by atoms with Crippen LogP contribution < -0.4 is 10.1 Å². The molecule has 0 saturated carbocycles. The molecule has 4 rings (SSSR count). The lowest BCUT2D eigenvalue weighted by atomic mass is 10.0. The fraction of sp³-hybridized carbons (Fsp3) is 0.276. The summed E-state index contributed by atoms with van der Waals surface area (Å²) in [5.74, 6) is 0.139. The van der Waals surface area contributed by atoms with Gasteiger partial charge < -0.3 is 10.1 Å². The molecule has 7 heteroatoms. The molecule has 0 atom stereocenters. The standard InChI is InChI=1S/C29H30N2O4S/c1-4-5-16-35-25-15-12-21-8-6-7-9-23(21)24(25)17-26-28(33)31(29(34)36-26)18-27(32)30-22-13-10-20(11-14-22)19(2)3/h6-15,17,19H,4-5,16,18H2,1-3H3,(H,30,32)/b26-17-. The van der Waals surface area contributed by atoms with Crippen molar-refractivity contribution < 1.29 is 19.1 Å². The Bertz CT molecular complexity index is 1310. The first-order chi connectivity index (χ1) is 17.4. The zero-order chi connectivity index (χ0) is 25.7. The molecule has 0 aliphatic carbocycles. The molecule has 186 valence electrons. The number of hydrogen-bond acceptors (Lipinski definition) is 5. The molecule has 0 radical (unpaired) electrons. The second-order valence-electron chi connectivity index (χ2n) is 8.99. The SMILES string of the molecule is CCCCOc1ccc2ccccc2c1/C=C1\SC(=O)N(CC(=O)Nc2ccc(C(C)C)cc2)C1=O. The number of imide groups is 1. The van der Waals surface area contributed by atoms with Gasteiger partial charge in [0.05, 0.1) is 11.5 Å². The van der Waals surface area contributed by atoms with Crippen LogP contribution in [0.5, 0.6) is 5.75 Å². The minimum atomic E-state index is -0.484. The molecule has 0 unspecified atom stereocenters. The summed E-state index contributed by atoms with van der Waals surface area (Å²) in [4.78, 5) is 39.7. The molecule has 3 aromatic carbocycles. The highest BCUT2D eigenvalue weighted by Crippen LogP contribution is 2.37. The van der Waals surface area contributed by atoms with Crippen LogP contribution in [0.15, 0.2) is 65.6 Å². The third kappa shape index (κ3) is 5.79. The minimum absolute atomic E-state index is 0.269. The summed E-state index contributed by atoms with van der Waals surface area (Å²) >= 11 is 0.839. The normalized spacial score (nSPS) is 14.8. The Labute approximate surface area is 215 Å². The van der Waals surface area contributed by atoms with E-state index in [2.05, 4.69) is 26.1 Å². The molecule has 0 bridgehead atoms. The van der Waals surface area contributed by atoms with Crippen molar-refractivity contribution in [2.75, 3.05) is 18.5 Å². The third-order valence-corrected chi connectivity index (χ3v) is 6.91. The van der Waals surface area contributed by atoms with Gasteiger partial charge in [0.1, 0.15) is 12.3 Å². The molecule has 3 amide bonds. The van der Waals surface area contributed by atoms with Crippen molar-refractivity contribution in [3.8, 4) is 5.75 Å². The summed E-state index contributed by atoms with van der Waals surface area (Å²) in [6.45, 7) is 6.51. The van der Waals surface area contributed by atoms with Crippen molar-refractivity contribution in [3.63, 3.8) is 0 Å². The van der Waals surface area contributed by atoms with Crippen molar-refractivity contribution in [1.82, 2.24) is 4.90 Å². The largest absolute Gasteiger partial charge is 0.493 e. The average Bonchev–Trinajstić information content (AvgIpc) is 3.13. The minimum Gasteiger partial charge on any atom is -0.493 e. The first-order valence-electron chi connectivity index (χ1n) is 12.2. The lowest BCUT2D eigenvalue weighted by Crippen LogP contribution is -2.36. The Morgan fingerprint density at radius 3 is 2.53 bits per heavy atom. The van der Waals surface area contributed by atoms with Crippen LogP contribution in [0, 0.1) is 0 Å². The summed E-state index contributed by atoms with van der Waals surface area (Å²) < 4.78 is 6.01. The van der Waals surface area contributed by atoms with Gasteiger partial charge in [-0.25, -0.2) is 0 Å². The summed E-state index contributed by atoms with van der Waals surface area (Å²) in [5, 5.41) is 4.24. The molecule has 0 aromatic heterocycles. The number of anilines is 1. The lowest BCUT2D eigenvalue weighted by Gasteiger charge is -2.14. The van der Waals surface area contributed by atoms with Gasteiger partial charge in [0, 0.05) is 11.3 Å². The number of amides is 3. The highest BCUT2D eigenvalue weighted by atomic mass is 32.2. The number of carbonyl (C=O) groups excluding carboxylic acids is 3. The molecule has 1 saturated heterocycles. The van der Waals surface area contributed by atoms with Gasteiger partial charge in [-0.1, -0.05) is 69.7 Å². The van der Waals surface area contributed by atoms with Crippen LogP contribution in [0.1, 0.15) is 50.7 Å². The topological polar surface area (TPSA) is 75.7 Å². The van der Waals surface area contributed by atoms with Crippen LogP contribution in [-0.4, -0.2) is 35.1 Å². The van der Waals surface area contributed by atoms with Crippen LogP contribution in [0.3, 0.4) is 0 Å². The van der Waals surface area contributed by atoms with Gasteiger partial charge in [-0.05, 0) is 64.7 Å². The van der Waals surface area contributed by atoms with Crippen molar-refractivity contribution in [2.24, 2.45) is 0 Å². The van der Waals surface area contributed by atoms with Gasteiger partial charge in [-0.15, -0.1) is 0 Å². The van der Waals surface area contributed by atoms with Gasteiger partial charge >= 0.3 is 0 Å². The van der Waals surface area contributed by atoms with Gasteiger partial charge in [0.2, 0.25) is 5.91 Å². The number of rotatable bonds is 9. The van der Waals surface area contributed by atoms with Crippen molar-refractivity contribution >= 4 is 51.4 Å². The number of nitrogens with one attached hydrogen (secondary N) is 1. The fourth-order valence-electron chi connectivity index (χ4n) is 3.94. The Balaban J connectivity index is 1.53. The van der Waals surface area contributed by atoms with Crippen LogP contribution in [0.4, 0.5) is 10.5 Å². The van der Waals surface area contributed by atoms with E-state index in [0.29, 0.717) is 24.0 Å². The van der Waals surface area contributed by atoms with Gasteiger partial charge in [0.25, 0.3) is 11.1 Å². The van der Waals surface area contributed by atoms with Crippen molar-refractivity contribution in [2.45, 2.75) is 39.5 Å². The molecule has 0 spiro atoms. The summed E-state index contributed by atoms with van der Waals surface area (Å²) in [5.41, 5.74) is 2.54. The van der Waals surface area contributed by atoms with Crippen LogP contribution in [0.25, 0.3) is 16.8 Å². The summed E-state index contributed by atoms with van der Waals surface area (Å²) in [6.07, 6.45) is 3.63. The van der Waals surface area contributed by atoms with Crippen molar-refractivity contribution in [3.05, 3.63) is 76.7 Å². The molecule has 3 aromatic rings. The molecule has 1 aliphatic rings. The Kier molecular flexibility index (Phi) is 8.10. The van der Waals surface area contributed by atoms with Gasteiger partial charge in [0.15, 0.2) is 0 Å². The number of nitrogens with zero attached hydrogens (tertiary/aromatic N) is 1. The van der Waals surface area contributed by atoms with E-state index >= 15 is 0 Å². The van der Waals surface area contributed by atoms with Crippen LogP contribution in [0.2, 0.25) is 0 Å². The highest BCUT2D eigenvalue weighted by Gasteiger charge is 2.36. The molecule has 36 heavy (non-hydrogen) atoms. The number of benzene rings is 3. The predicted molar refractivity (Wildman–Crippen MR) is 146 cm³/mol. The number of hydrogen-bond donors (Lipinski definition) is 1. The zero-order valence-electron chi connectivity index (χ0n) is 20.7. The maximum Gasteiger partial charge on any atom is 0.294 e. The van der Waals surface area contributed by atoms with E-state index in [1.165, 1.54) is 0 Å². The van der Waals surface area contributed by atoms with E-state index in [-0.39, 0.29) is 11.4 Å². The smallest absolute Gasteiger partial charge is 0.294 e. The monoisotopic (exact) mass is 502 g/mol. The Morgan fingerprint density at radius 1 is 1.06 bits per heavy atom. The Morgan fingerprint density at radius 2 is 1.81 bits per heavy atom. The van der Waals surface area contributed by atoms with E-state index in [4.69, 9.17) is 4.74 Å². The van der Waals surface area contributed by atoms with Gasteiger partial charge in [-0.3, -0.25) is 19.3 Å². The first-order valence-corrected chi connectivity index (χ1v) is 13.0.